The Kier molecular flexibility index (Phi) is 8.79. The van der Waals surface area contributed by atoms with Crippen LogP contribution in [-0.4, -0.2) is 19.6 Å². The second-order valence-corrected chi connectivity index (χ2v) is 3.89. The molecule has 0 atom stereocenters. The summed E-state index contributed by atoms with van der Waals surface area (Å²) >= 11 is 0. The maximum absolute atomic E-state index is 8.66. The molecule has 0 aliphatic heterocycles. The van der Waals surface area contributed by atoms with Crippen molar-refractivity contribution in [2.45, 2.75) is 6.29 Å². The van der Waals surface area contributed by atoms with Gasteiger partial charge in [0.05, 0.1) is 0 Å². The maximum Gasteiger partial charge on any atom is 0.329 e. The molecule has 4 N–H and O–H groups in total. The zero-order valence-electron chi connectivity index (χ0n) is 7.82. The van der Waals surface area contributed by atoms with Gasteiger partial charge in [0, 0.05) is 25.0 Å². The van der Waals surface area contributed by atoms with E-state index in [0.29, 0.717) is 5.56 Å². The third-order valence-corrected chi connectivity index (χ3v) is 2.21. The Balaban J connectivity index is 0.00000225. The van der Waals surface area contributed by atoms with Crippen molar-refractivity contribution in [3.05, 3.63) is 35.9 Å². The van der Waals surface area contributed by atoms with Crippen LogP contribution in [0.5, 0.6) is 0 Å². The largest absolute Gasteiger partial charge is 0.329 e. The first-order chi connectivity index (χ1) is 7.09. The molecule has 0 heterocycles. The zero-order valence-corrected chi connectivity index (χ0v) is 11.3. The number of hydrogen-bond donors (Lipinski definition) is 4. The minimum atomic E-state index is -2.63. The van der Waals surface area contributed by atoms with Crippen LogP contribution in [0.2, 0.25) is 0 Å². The van der Waals surface area contributed by atoms with Gasteiger partial charge in [-0.1, -0.05) is 30.3 Å². The quantitative estimate of drug-likeness (QED) is 0.360. The summed E-state index contributed by atoms with van der Waals surface area (Å²) in [5.74, 6) is 0. The molecule has 9 heteroatoms. The molecule has 0 unspecified atom stereocenters. The molecule has 0 aromatic heterocycles. The molecule has 1 rings (SSSR count). The Bertz CT molecular complexity index is 275. The molecule has 0 spiro atoms. The third-order valence-electron chi connectivity index (χ3n) is 1.45. The van der Waals surface area contributed by atoms with Crippen molar-refractivity contribution in [3.8, 4) is 0 Å². The average Bonchev–Trinajstić information content (AvgIpc) is 2.17. The summed E-state index contributed by atoms with van der Waals surface area (Å²) < 4.78 is 9.19. The first-order valence-corrected chi connectivity index (χ1v) is 6.17. The summed E-state index contributed by atoms with van der Waals surface area (Å²) in [5, 5.41) is 0. The van der Waals surface area contributed by atoms with Gasteiger partial charge in [-0.05, 0) is 0 Å². The van der Waals surface area contributed by atoms with Crippen molar-refractivity contribution in [1.29, 1.82) is 0 Å². The molecule has 0 aliphatic rings. The molecular formula is C7H10O6P2Ru. The van der Waals surface area contributed by atoms with Gasteiger partial charge >= 0.3 is 17.2 Å². The first kappa shape index (κ1) is 16.5. The Morgan fingerprint density at radius 2 is 1.31 bits per heavy atom. The SMILES string of the molecule is OP(O)OC(OP(O)O)c1ccccc1.[Ru]. The monoisotopic (exact) mass is 354 g/mol. The average molecular weight is 353 g/mol. The standard InChI is InChI=1S/C7H10O6P2.Ru/c8-14(9)12-7(13-15(10)11)6-4-2-1-3-5-6;/h1-5,7-11H;. The molecule has 16 heavy (non-hydrogen) atoms. The molecule has 0 fully saturated rings. The molecular weight excluding hydrogens is 343 g/mol. The van der Waals surface area contributed by atoms with Crippen LogP contribution in [0.1, 0.15) is 11.9 Å². The summed E-state index contributed by atoms with van der Waals surface area (Å²) in [5.41, 5.74) is 0.462. The van der Waals surface area contributed by atoms with Gasteiger partial charge in [-0.2, -0.15) is 0 Å². The smallest absolute Gasteiger partial charge is 0.328 e. The molecule has 1 aromatic rings. The summed E-state index contributed by atoms with van der Waals surface area (Å²) in [6, 6.07) is 8.32. The van der Waals surface area contributed by atoms with Crippen LogP contribution in [0, 0.1) is 0 Å². The van der Waals surface area contributed by atoms with E-state index in [4.69, 9.17) is 19.6 Å². The van der Waals surface area contributed by atoms with Crippen molar-refractivity contribution in [2.24, 2.45) is 0 Å². The van der Waals surface area contributed by atoms with E-state index in [2.05, 4.69) is 9.05 Å². The molecule has 0 bridgehead atoms. The fourth-order valence-corrected chi connectivity index (χ4v) is 1.66. The molecule has 92 valence electrons. The van der Waals surface area contributed by atoms with Gasteiger partial charge in [-0.3, -0.25) is 9.05 Å². The van der Waals surface area contributed by atoms with Crippen LogP contribution in [0.25, 0.3) is 0 Å². The van der Waals surface area contributed by atoms with Crippen LogP contribution in [0.15, 0.2) is 30.3 Å². The van der Waals surface area contributed by atoms with Crippen LogP contribution < -0.4 is 0 Å². The second-order valence-electron chi connectivity index (χ2n) is 2.46. The number of rotatable bonds is 5. The summed E-state index contributed by atoms with van der Waals surface area (Å²) in [6.45, 7) is 0. The molecule has 0 radical (unpaired) electrons. The molecule has 0 amide bonds. The summed E-state index contributed by atoms with van der Waals surface area (Å²) in [4.78, 5) is 34.6. The van der Waals surface area contributed by atoms with Crippen molar-refractivity contribution in [1.82, 2.24) is 0 Å². The van der Waals surface area contributed by atoms with Crippen LogP contribution in [0.3, 0.4) is 0 Å². The van der Waals surface area contributed by atoms with Gasteiger partial charge in [0.15, 0.2) is 0 Å². The summed E-state index contributed by atoms with van der Waals surface area (Å²) in [6.07, 6.45) is -1.20. The van der Waals surface area contributed by atoms with Gasteiger partial charge in [0.2, 0.25) is 6.29 Å². The predicted octanol–water partition coefficient (Wildman–Crippen LogP) is 1.14. The molecule has 0 saturated carbocycles. The van der Waals surface area contributed by atoms with E-state index in [-0.39, 0.29) is 19.5 Å². The Morgan fingerprint density at radius 1 is 0.875 bits per heavy atom. The van der Waals surface area contributed by atoms with E-state index in [9.17, 15) is 0 Å². The van der Waals surface area contributed by atoms with Gasteiger partial charge < -0.3 is 19.6 Å². The van der Waals surface area contributed by atoms with E-state index in [1.165, 1.54) is 0 Å². The molecule has 0 saturated heterocycles. The van der Waals surface area contributed by atoms with Crippen molar-refractivity contribution < 1.29 is 48.1 Å². The Hall–Kier alpha value is 0.463. The van der Waals surface area contributed by atoms with E-state index in [0.717, 1.165) is 0 Å². The van der Waals surface area contributed by atoms with E-state index >= 15 is 0 Å². The maximum atomic E-state index is 8.66. The zero-order chi connectivity index (χ0) is 11.3. The summed E-state index contributed by atoms with van der Waals surface area (Å²) in [7, 11) is -5.26. The van der Waals surface area contributed by atoms with Gasteiger partial charge in [-0.25, -0.2) is 0 Å². The molecule has 6 nitrogen and oxygen atoms in total. The minimum Gasteiger partial charge on any atom is -0.328 e. The van der Waals surface area contributed by atoms with E-state index < -0.39 is 23.5 Å². The van der Waals surface area contributed by atoms with Crippen molar-refractivity contribution >= 4 is 17.2 Å². The van der Waals surface area contributed by atoms with Crippen molar-refractivity contribution in [2.75, 3.05) is 0 Å². The van der Waals surface area contributed by atoms with E-state index in [1.807, 2.05) is 0 Å². The topological polar surface area (TPSA) is 99.4 Å². The fraction of sp³-hybridized carbons (Fsp3) is 0.143. The van der Waals surface area contributed by atoms with E-state index in [1.54, 1.807) is 30.3 Å². The van der Waals surface area contributed by atoms with Crippen LogP contribution in [-0.2, 0) is 28.5 Å². The number of benzene rings is 1. The third kappa shape index (κ3) is 6.26. The fourth-order valence-electron chi connectivity index (χ4n) is 0.922. The Morgan fingerprint density at radius 3 is 1.69 bits per heavy atom. The van der Waals surface area contributed by atoms with Crippen LogP contribution >= 0.6 is 17.2 Å². The number of hydrogen-bond acceptors (Lipinski definition) is 6. The molecule has 1 aromatic carbocycles. The minimum absolute atomic E-state index is 0. The van der Waals surface area contributed by atoms with Gasteiger partial charge in [-0.15, -0.1) is 0 Å². The normalized spacial score (nSPS) is 10.9. The van der Waals surface area contributed by atoms with Crippen LogP contribution in [0.4, 0.5) is 0 Å². The Labute approximate surface area is 108 Å². The second kappa shape index (κ2) is 8.54. The molecule has 0 aliphatic carbocycles. The first-order valence-electron chi connectivity index (χ1n) is 3.84. The van der Waals surface area contributed by atoms with Gasteiger partial charge in [0.1, 0.15) is 0 Å². The van der Waals surface area contributed by atoms with Crippen molar-refractivity contribution in [3.63, 3.8) is 0 Å². The predicted molar refractivity (Wildman–Crippen MR) is 54.1 cm³/mol. The van der Waals surface area contributed by atoms with Gasteiger partial charge in [0.25, 0.3) is 0 Å².